The molecule has 8 heteroatoms. The minimum atomic E-state index is -0.967. The lowest BCUT2D eigenvalue weighted by Gasteiger charge is -2.08. The van der Waals surface area contributed by atoms with E-state index in [1.807, 2.05) is 0 Å². The van der Waals surface area contributed by atoms with E-state index in [4.69, 9.17) is 4.74 Å². The molecule has 0 saturated heterocycles. The van der Waals surface area contributed by atoms with Crippen LogP contribution in [-0.2, 0) is 6.61 Å². The summed E-state index contributed by atoms with van der Waals surface area (Å²) in [6, 6.07) is 7.70. The Morgan fingerprint density at radius 2 is 1.90 bits per heavy atom. The first-order valence-electron chi connectivity index (χ1n) is 9.44. The van der Waals surface area contributed by atoms with E-state index in [0.717, 1.165) is 18.6 Å². The van der Waals surface area contributed by atoms with E-state index in [2.05, 4.69) is 24.1 Å². The van der Waals surface area contributed by atoms with Gasteiger partial charge in [-0.25, -0.2) is 18.2 Å². The maximum atomic E-state index is 14.6. The van der Waals surface area contributed by atoms with Crippen LogP contribution in [0.4, 0.5) is 13.2 Å². The van der Waals surface area contributed by atoms with Crippen molar-refractivity contribution in [1.29, 1.82) is 0 Å². The third kappa shape index (κ3) is 5.60. The van der Waals surface area contributed by atoms with Crippen LogP contribution in [0, 0.1) is 23.4 Å². The monoisotopic (exact) mass is 434 g/mol. The van der Waals surface area contributed by atoms with Gasteiger partial charge >= 0.3 is 0 Å². The van der Waals surface area contributed by atoms with Crippen LogP contribution in [0.15, 0.2) is 41.8 Å². The lowest BCUT2D eigenvalue weighted by molar-refractivity contribution is 0.0948. The molecule has 1 amide bonds. The van der Waals surface area contributed by atoms with Gasteiger partial charge in [-0.05, 0) is 42.2 Å². The van der Waals surface area contributed by atoms with Crippen LogP contribution >= 0.6 is 11.3 Å². The number of nitrogens with one attached hydrogen (secondary N) is 1. The molecule has 0 aliphatic heterocycles. The molecule has 1 heterocycles. The van der Waals surface area contributed by atoms with E-state index in [1.54, 1.807) is 11.4 Å². The summed E-state index contributed by atoms with van der Waals surface area (Å²) in [5.74, 6) is -2.03. The van der Waals surface area contributed by atoms with Crippen LogP contribution in [0.1, 0.15) is 36.3 Å². The SMILES string of the molecule is CC(C)CCNC(=O)c1csc(-c2ccc(OCc3ccc(F)c(F)c3)cc2F)n1. The molecule has 0 spiro atoms. The van der Waals surface area contributed by atoms with Gasteiger partial charge in [-0.1, -0.05) is 19.9 Å². The number of hydrogen-bond acceptors (Lipinski definition) is 4. The molecule has 0 unspecified atom stereocenters. The van der Waals surface area contributed by atoms with Crippen molar-refractivity contribution in [3.05, 3.63) is 70.5 Å². The van der Waals surface area contributed by atoms with Crippen molar-refractivity contribution < 1.29 is 22.7 Å². The van der Waals surface area contributed by atoms with Gasteiger partial charge in [0.2, 0.25) is 0 Å². The van der Waals surface area contributed by atoms with Crippen molar-refractivity contribution in [2.45, 2.75) is 26.9 Å². The van der Waals surface area contributed by atoms with Crippen molar-refractivity contribution in [1.82, 2.24) is 10.3 Å². The second kappa shape index (κ2) is 9.75. The van der Waals surface area contributed by atoms with Gasteiger partial charge in [0, 0.05) is 23.6 Å². The predicted octanol–water partition coefficient (Wildman–Crippen LogP) is 5.58. The number of rotatable bonds is 8. The zero-order valence-electron chi connectivity index (χ0n) is 16.5. The van der Waals surface area contributed by atoms with E-state index in [1.165, 1.54) is 29.5 Å². The Morgan fingerprint density at radius 3 is 2.60 bits per heavy atom. The zero-order chi connectivity index (χ0) is 21.7. The maximum absolute atomic E-state index is 14.6. The molecule has 158 valence electrons. The highest BCUT2D eigenvalue weighted by atomic mass is 32.1. The smallest absolute Gasteiger partial charge is 0.270 e. The summed E-state index contributed by atoms with van der Waals surface area (Å²) in [7, 11) is 0. The summed E-state index contributed by atoms with van der Waals surface area (Å²) in [6.45, 7) is 4.66. The molecule has 4 nitrogen and oxygen atoms in total. The molecule has 0 bridgehead atoms. The molecule has 0 fully saturated rings. The summed E-state index contributed by atoms with van der Waals surface area (Å²) in [6.07, 6.45) is 0.864. The zero-order valence-corrected chi connectivity index (χ0v) is 17.4. The highest BCUT2D eigenvalue weighted by Crippen LogP contribution is 2.29. The van der Waals surface area contributed by atoms with E-state index < -0.39 is 17.5 Å². The van der Waals surface area contributed by atoms with Crippen LogP contribution in [0.3, 0.4) is 0 Å². The minimum absolute atomic E-state index is 0.0338. The molecule has 1 N–H and O–H groups in total. The molecule has 0 radical (unpaired) electrons. The van der Waals surface area contributed by atoms with Crippen LogP contribution in [-0.4, -0.2) is 17.4 Å². The van der Waals surface area contributed by atoms with Gasteiger partial charge in [-0.15, -0.1) is 11.3 Å². The summed E-state index contributed by atoms with van der Waals surface area (Å²) >= 11 is 1.17. The molecule has 1 aromatic heterocycles. The van der Waals surface area contributed by atoms with Crippen molar-refractivity contribution in [3.63, 3.8) is 0 Å². The van der Waals surface area contributed by atoms with Crippen LogP contribution in [0.25, 0.3) is 10.6 Å². The fraction of sp³-hybridized carbons (Fsp3) is 0.273. The van der Waals surface area contributed by atoms with Gasteiger partial charge in [-0.3, -0.25) is 4.79 Å². The minimum Gasteiger partial charge on any atom is -0.489 e. The molecular formula is C22H21F3N2O2S. The average Bonchev–Trinajstić information content (AvgIpc) is 3.18. The number of amides is 1. The van der Waals surface area contributed by atoms with Crippen LogP contribution in [0.5, 0.6) is 5.75 Å². The van der Waals surface area contributed by atoms with Gasteiger partial charge < -0.3 is 10.1 Å². The quantitative estimate of drug-likeness (QED) is 0.503. The summed E-state index contributed by atoms with van der Waals surface area (Å²) in [5, 5.41) is 4.77. The molecular weight excluding hydrogens is 413 g/mol. The number of aromatic nitrogens is 1. The first-order chi connectivity index (χ1) is 14.3. The average molecular weight is 434 g/mol. The Labute approximate surface area is 176 Å². The van der Waals surface area contributed by atoms with Gasteiger partial charge in [0.1, 0.15) is 28.9 Å². The second-order valence-electron chi connectivity index (χ2n) is 7.16. The fourth-order valence-electron chi connectivity index (χ4n) is 2.62. The van der Waals surface area contributed by atoms with E-state index >= 15 is 0 Å². The normalized spacial score (nSPS) is 11.0. The lowest BCUT2D eigenvalue weighted by Crippen LogP contribution is -2.25. The largest absolute Gasteiger partial charge is 0.489 e. The first-order valence-corrected chi connectivity index (χ1v) is 10.3. The highest BCUT2D eigenvalue weighted by Gasteiger charge is 2.15. The highest BCUT2D eigenvalue weighted by molar-refractivity contribution is 7.13. The number of carbonyl (C=O) groups excluding carboxylic acids is 1. The number of carbonyl (C=O) groups is 1. The maximum Gasteiger partial charge on any atom is 0.270 e. The first kappa shape index (κ1) is 21.8. The van der Waals surface area contributed by atoms with Crippen molar-refractivity contribution in [2.24, 2.45) is 5.92 Å². The third-order valence-corrected chi connectivity index (χ3v) is 5.18. The summed E-state index contributed by atoms with van der Waals surface area (Å²) in [5.41, 5.74) is 0.921. The van der Waals surface area contributed by atoms with Gasteiger partial charge in [-0.2, -0.15) is 0 Å². The topological polar surface area (TPSA) is 51.2 Å². The van der Waals surface area contributed by atoms with Crippen molar-refractivity contribution in [2.75, 3.05) is 6.54 Å². The summed E-state index contributed by atoms with van der Waals surface area (Å²) in [4.78, 5) is 16.4. The van der Waals surface area contributed by atoms with Crippen LogP contribution < -0.4 is 10.1 Å². The molecule has 0 atom stereocenters. The van der Waals surface area contributed by atoms with Gasteiger partial charge in [0.05, 0.1) is 0 Å². The molecule has 3 rings (SSSR count). The standard InChI is InChI=1S/C22H21F3N2O2S/c1-13(2)7-8-26-21(28)20-12-30-22(27-20)16-5-4-15(10-18(16)24)29-11-14-3-6-17(23)19(25)9-14/h3-6,9-10,12-13H,7-8,11H2,1-2H3,(H,26,28). The second-order valence-corrected chi connectivity index (χ2v) is 8.01. The number of hydrogen-bond donors (Lipinski definition) is 1. The van der Waals surface area contributed by atoms with Gasteiger partial charge in [0.25, 0.3) is 5.91 Å². The number of nitrogens with zero attached hydrogens (tertiary/aromatic N) is 1. The number of thiazole rings is 1. The fourth-order valence-corrected chi connectivity index (χ4v) is 3.45. The van der Waals surface area contributed by atoms with Crippen molar-refractivity contribution in [3.8, 4) is 16.3 Å². The molecule has 0 aliphatic carbocycles. The lowest BCUT2D eigenvalue weighted by atomic mass is 10.1. The number of benzene rings is 2. The molecule has 30 heavy (non-hydrogen) atoms. The molecule has 0 aliphatic rings. The molecule has 0 saturated carbocycles. The Morgan fingerprint density at radius 1 is 1.10 bits per heavy atom. The predicted molar refractivity (Wildman–Crippen MR) is 110 cm³/mol. The Balaban J connectivity index is 1.64. The van der Waals surface area contributed by atoms with E-state index in [-0.39, 0.29) is 29.5 Å². The number of halogens is 3. The molecule has 3 aromatic rings. The Hall–Kier alpha value is -2.87. The van der Waals surface area contributed by atoms with E-state index in [0.29, 0.717) is 23.0 Å². The third-order valence-electron chi connectivity index (χ3n) is 4.30. The van der Waals surface area contributed by atoms with Crippen molar-refractivity contribution >= 4 is 17.2 Å². The van der Waals surface area contributed by atoms with Gasteiger partial charge in [0.15, 0.2) is 11.6 Å². The van der Waals surface area contributed by atoms with Crippen LogP contribution in [0.2, 0.25) is 0 Å². The molecule has 2 aromatic carbocycles. The van der Waals surface area contributed by atoms with E-state index in [9.17, 15) is 18.0 Å². The summed E-state index contributed by atoms with van der Waals surface area (Å²) < 4.78 is 46.2. The number of ether oxygens (including phenoxy) is 1. The Bertz CT molecular complexity index is 1040. The Kier molecular flexibility index (Phi) is 7.10.